The predicted octanol–water partition coefficient (Wildman–Crippen LogP) is 2.23. The van der Waals surface area contributed by atoms with E-state index in [1.165, 1.54) is 0 Å². The molecular weight excluding hydrogens is 500 g/mol. The molecule has 1 N–H and O–H groups in total. The molecular formula is C29H34N4O6. The van der Waals surface area contributed by atoms with E-state index in [0.29, 0.717) is 55.4 Å². The maximum absolute atomic E-state index is 13.8. The maximum Gasteiger partial charge on any atom is 0.293 e. The minimum Gasteiger partial charge on any atom is -0.486 e. The molecule has 10 nitrogen and oxygen atoms in total. The van der Waals surface area contributed by atoms with E-state index >= 15 is 0 Å². The highest BCUT2D eigenvalue weighted by Crippen LogP contribution is 2.42. The molecule has 0 unspecified atom stereocenters. The molecule has 3 aliphatic rings. The molecule has 1 aromatic carbocycles. The van der Waals surface area contributed by atoms with Crippen LogP contribution in [-0.4, -0.2) is 77.4 Å². The Balaban J connectivity index is 1.56. The second-order valence-corrected chi connectivity index (χ2v) is 10.9. The van der Waals surface area contributed by atoms with Crippen molar-refractivity contribution < 1.29 is 24.1 Å². The smallest absolute Gasteiger partial charge is 0.293 e. The van der Waals surface area contributed by atoms with Crippen LogP contribution in [0.25, 0.3) is 22.3 Å². The fraction of sp³-hybridized carbons (Fsp3) is 0.483. The number of aliphatic hydroxyl groups is 1. The predicted molar refractivity (Wildman–Crippen MR) is 145 cm³/mol. The molecule has 1 fully saturated rings. The molecule has 2 aromatic heterocycles. The zero-order chi connectivity index (χ0) is 27.3. The number of benzene rings is 1. The van der Waals surface area contributed by atoms with Crippen molar-refractivity contribution in [2.45, 2.75) is 45.6 Å². The van der Waals surface area contributed by atoms with Gasteiger partial charge in [0.1, 0.15) is 19.8 Å². The fourth-order valence-electron chi connectivity index (χ4n) is 5.83. The van der Waals surface area contributed by atoms with Crippen molar-refractivity contribution in [2.24, 2.45) is 0 Å². The number of likely N-dealkylation sites (N-methyl/N-ethyl adjacent to an activating group) is 1. The number of hydrogen-bond donors (Lipinski definition) is 1. The van der Waals surface area contributed by atoms with Gasteiger partial charge in [-0.25, -0.2) is 4.98 Å². The van der Waals surface area contributed by atoms with Crippen LogP contribution in [-0.2, 0) is 34.8 Å². The number of rotatable bonds is 7. The van der Waals surface area contributed by atoms with Gasteiger partial charge in [0.25, 0.3) is 12.0 Å². The zero-order valence-corrected chi connectivity index (χ0v) is 22.7. The summed E-state index contributed by atoms with van der Waals surface area (Å²) in [6, 6.07) is 5.79. The van der Waals surface area contributed by atoms with E-state index in [1.807, 2.05) is 25.1 Å². The zero-order valence-electron chi connectivity index (χ0n) is 22.7. The normalized spacial score (nSPS) is 18.5. The third-order valence-electron chi connectivity index (χ3n) is 8.37. The second-order valence-electron chi connectivity index (χ2n) is 10.9. The lowest BCUT2D eigenvalue weighted by Crippen LogP contribution is -2.44. The summed E-state index contributed by atoms with van der Waals surface area (Å²) in [7, 11) is 2.14. The Labute approximate surface area is 226 Å². The van der Waals surface area contributed by atoms with Crippen molar-refractivity contribution in [1.82, 2.24) is 19.4 Å². The molecule has 3 aliphatic heterocycles. The Bertz CT molecular complexity index is 1510. The van der Waals surface area contributed by atoms with Crippen molar-refractivity contribution in [1.29, 1.82) is 0 Å². The summed E-state index contributed by atoms with van der Waals surface area (Å²) >= 11 is 0. The van der Waals surface area contributed by atoms with Gasteiger partial charge < -0.3 is 28.8 Å². The number of nitrogens with zero attached hydrogens (tertiary/aromatic N) is 4. The van der Waals surface area contributed by atoms with E-state index in [2.05, 4.69) is 16.8 Å². The molecule has 3 aromatic rings. The molecule has 39 heavy (non-hydrogen) atoms. The molecule has 0 radical (unpaired) electrons. The van der Waals surface area contributed by atoms with Crippen LogP contribution in [0.15, 0.2) is 23.0 Å². The summed E-state index contributed by atoms with van der Waals surface area (Å²) in [6.07, 6.45) is 0.389. The summed E-state index contributed by atoms with van der Waals surface area (Å²) in [6.45, 7) is 9.59. The topological polar surface area (TPSA) is 106 Å². The maximum atomic E-state index is 13.8. The lowest BCUT2D eigenvalue weighted by molar-refractivity contribution is -0.129. The molecule has 206 valence electrons. The highest BCUT2D eigenvalue weighted by atomic mass is 16.6. The Hall–Kier alpha value is -3.47. The van der Waals surface area contributed by atoms with Crippen molar-refractivity contribution >= 4 is 17.4 Å². The minimum atomic E-state index is -1.27. The second kappa shape index (κ2) is 9.93. The number of piperazine rings is 1. The monoisotopic (exact) mass is 534 g/mol. The van der Waals surface area contributed by atoms with Crippen LogP contribution >= 0.6 is 0 Å². The SMILES string of the molecule is CC[C@](C)(O)c1cc2n(c(=O)c1COC=O)Cc1c-2nc2cc3c(cc2c1CN1CCN(C)CC1)OCCO3. The summed E-state index contributed by atoms with van der Waals surface area (Å²) < 4.78 is 18.5. The average Bonchev–Trinajstić information content (AvgIpc) is 3.31. The van der Waals surface area contributed by atoms with Crippen LogP contribution in [0.3, 0.4) is 0 Å². The van der Waals surface area contributed by atoms with E-state index in [1.54, 1.807) is 11.5 Å². The Morgan fingerprint density at radius 3 is 2.51 bits per heavy atom. The molecule has 0 aliphatic carbocycles. The lowest BCUT2D eigenvalue weighted by atomic mass is 9.89. The first-order valence-electron chi connectivity index (χ1n) is 13.5. The standard InChI is InChI=1S/C29H34N4O6/c1-4-29(2,36)22-12-24-27-20(15-33(24)28(35)21(22)16-37-17-34)19(14-32-7-5-31(3)6-8-32)18-11-25-26(13-23(18)30-27)39-10-9-38-25/h11-13,17,36H,4-10,14-16H2,1-3H3/t29-/m0/s1. The highest BCUT2D eigenvalue weighted by molar-refractivity contribution is 5.90. The third-order valence-corrected chi connectivity index (χ3v) is 8.37. The van der Waals surface area contributed by atoms with E-state index in [4.69, 9.17) is 19.2 Å². The van der Waals surface area contributed by atoms with Crippen molar-refractivity contribution in [3.63, 3.8) is 0 Å². The van der Waals surface area contributed by atoms with Gasteiger partial charge in [0, 0.05) is 49.7 Å². The Kier molecular flexibility index (Phi) is 6.57. The fourth-order valence-corrected chi connectivity index (χ4v) is 5.83. The molecule has 5 heterocycles. The number of hydrogen-bond acceptors (Lipinski definition) is 9. The van der Waals surface area contributed by atoms with Gasteiger partial charge in [-0.15, -0.1) is 0 Å². The highest BCUT2D eigenvalue weighted by Gasteiger charge is 2.34. The summed E-state index contributed by atoms with van der Waals surface area (Å²) in [5, 5.41) is 12.2. The quantitative estimate of drug-likeness (QED) is 0.357. The van der Waals surface area contributed by atoms with Gasteiger partial charge in [0.15, 0.2) is 11.5 Å². The number of pyridine rings is 2. The molecule has 1 atom stereocenters. The first-order chi connectivity index (χ1) is 18.8. The summed E-state index contributed by atoms with van der Waals surface area (Å²) in [4.78, 5) is 34.7. The Morgan fingerprint density at radius 1 is 1.10 bits per heavy atom. The third kappa shape index (κ3) is 4.46. The largest absolute Gasteiger partial charge is 0.486 e. The first kappa shape index (κ1) is 25.8. The molecule has 0 amide bonds. The number of carbonyl (C=O) groups excluding carboxylic acids is 1. The molecule has 0 spiro atoms. The van der Waals surface area contributed by atoms with Crippen molar-refractivity contribution in [3.05, 3.63) is 50.8 Å². The number of ether oxygens (including phenoxy) is 3. The van der Waals surface area contributed by atoms with Gasteiger partial charge in [-0.2, -0.15) is 0 Å². The van der Waals surface area contributed by atoms with Crippen LogP contribution in [0.2, 0.25) is 0 Å². The lowest BCUT2D eigenvalue weighted by Gasteiger charge is -2.33. The average molecular weight is 535 g/mol. The van der Waals surface area contributed by atoms with E-state index in [9.17, 15) is 14.7 Å². The van der Waals surface area contributed by atoms with E-state index < -0.39 is 5.60 Å². The van der Waals surface area contributed by atoms with Crippen LogP contribution in [0, 0.1) is 0 Å². The van der Waals surface area contributed by atoms with Gasteiger partial charge in [-0.3, -0.25) is 14.5 Å². The van der Waals surface area contributed by atoms with Crippen LogP contribution in [0.4, 0.5) is 0 Å². The first-order valence-corrected chi connectivity index (χ1v) is 13.5. The van der Waals surface area contributed by atoms with Crippen molar-refractivity contribution in [3.8, 4) is 22.9 Å². The van der Waals surface area contributed by atoms with Gasteiger partial charge in [0.2, 0.25) is 0 Å². The summed E-state index contributed by atoms with van der Waals surface area (Å²) in [5.74, 6) is 1.37. The molecule has 10 heteroatoms. The Morgan fingerprint density at radius 2 is 1.82 bits per heavy atom. The van der Waals surface area contributed by atoms with Crippen molar-refractivity contribution in [2.75, 3.05) is 46.4 Å². The van der Waals surface area contributed by atoms with Crippen LogP contribution in [0.5, 0.6) is 11.5 Å². The number of fused-ring (bicyclic) bond motifs is 5. The molecule has 0 saturated carbocycles. The molecule has 1 saturated heterocycles. The van der Waals surface area contributed by atoms with Gasteiger partial charge >= 0.3 is 0 Å². The van der Waals surface area contributed by atoms with E-state index in [0.717, 1.165) is 60.4 Å². The van der Waals surface area contributed by atoms with E-state index in [-0.39, 0.29) is 17.7 Å². The number of aromatic nitrogens is 2. The number of carbonyl (C=O) groups is 1. The molecule has 6 rings (SSSR count). The summed E-state index contributed by atoms with van der Waals surface area (Å²) in [5.41, 5.74) is 3.47. The van der Waals surface area contributed by atoms with Gasteiger partial charge in [0.05, 0.1) is 34.6 Å². The van der Waals surface area contributed by atoms with Crippen LogP contribution in [0.1, 0.15) is 42.5 Å². The van der Waals surface area contributed by atoms with Crippen LogP contribution < -0.4 is 15.0 Å². The van der Waals surface area contributed by atoms with Gasteiger partial charge in [-0.05, 0) is 43.7 Å². The minimum absolute atomic E-state index is 0.199. The van der Waals surface area contributed by atoms with Gasteiger partial charge in [-0.1, -0.05) is 6.92 Å². The molecule has 0 bridgehead atoms.